The lowest BCUT2D eigenvalue weighted by Gasteiger charge is -2.11. The summed E-state index contributed by atoms with van der Waals surface area (Å²) >= 11 is 11.1. The van der Waals surface area contributed by atoms with E-state index in [4.69, 9.17) is 0 Å². The summed E-state index contributed by atoms with van der Waals surface area (Å²) in [7, 11) is 0. The highest BCUT2D eigenvalue weighted by molar-refractivity contribution is 9.09. The Labute approximate surface area is 106 Å². The van der Waals surface area contributed by atoms with Crippen LogP contribution in [0.3, 0.4) is 0 Å². The normalized spacial score (nSPS) is 12.6. The molecule has 0 N–H and O–H groups in total. The highest BCUT2D eigenvalue weighted by Gasteiger charge is 2.16. The number of ketones is 1. The Balaban J connectivity index is 3.15. The molecular formula is C10H10Br2OS. The minimum Gasteiger partial charge on any atom is -0.298 e. The molecule has 0 heterocycles. The van der Waals surface area contributed by atoms with E-state index in [9.17, 15) is 4.79 Å². The summed E-state index contributed by atoms with van der Waals surface area (Å²) in [5, 5.41) is 0.747. The number of benzene rings is 1. The summed E-state index contributed by atoms with van der Waals surface area (Å²) in [6, 6.07) is 5.83. The van der Waals surface area contributed by atoms with Crippen molar-refractivity contribution in [3.8, 4) is 0 Å². The largest absolute Gasteiger partial charge is 0.298 e. The van der Waals surface area contributed by atoms with Crippen molar-refractivity contribution in [2.75, 3.05) is 0 Å². The van der Waals surface area contributed by atoms with Gasteiger partial charge in [-0.1, -0.05) is 50.1 Å². The third kappa shape index (κ3) is 2.61. The molecule has 0 saturated heterocycles. The number of rotatable bonds is 3. The van der Waals surface area contributed by atoms with E-state index in [0.717, 1.165) is 21.4 Å². The van der Waals surface area contributed by atoms with Crippen LogP contribution in [0.2, 0.25) is 0 Å². The molecule has 0 spiro atoms. The fourth-order valence-electron chi connectivity index (χ4n) is 1.14. The first-order valence-corrected chi connectivity index (χ1v) is 6.57. The van der Waals surface area contributed by atoms with Crippen molar-refractivity contribution in [3.63, 3.8) is 0 Å². The molecule has 14 heavy (non-hydrogen) atoms. The molecular weight excluding hydrogens is 328 g/mol. The van der Waals surface area contributed by atoms with Gasteiger partial charge in [0.2, 0.25) is 0 Å². The Kier molecular flexibility index (Phi) is 4.67. The van der Waals surface area contributed by atoms with Gasteiger partial charge in [0.15, 0.2) is 0 Å². The molecule has 1 atom stereocenters. The number of halogens is 2. The van der Waals surface area contributed by atoms with Gasteiger partial charge in [0.1, 0.15) is 5.78 Å². The fourth-order valence-corrected chi connectivity index (χ4v) is 2.74. The highest BCUT2D eigenvalue weighted by Crippen LogP contribution is 2.31. The maximum Gasteiger partial charge on any atom is 0.147 e. The molecule has 0 amide bonds. The first-order chi connectivity index (χ1) is 6.57. The van der Waals surface area contributed by atoms with Crippen LogP contribution in [0.15, 0.2) is 23.1 Å². The van der Waals surface area contributed by atoms with E-state index in [2.05, 4.69) is 44.5 Å². The summed E-state index contributed by atoms with van der Waals surface area (Å²) < 4.78 is 0. The van der Waals surface area contributed by atoms with E-state index in [-0.39, 0.29) is 10.6 Å². The van der Waals surface area contributed by atoms with Gasteiger partial charge in [-0.05, 0) is 18.1 Å². The van der Waals surface area contributed by atoms with Gasteiger partial charge in [0, 0.05) is 10.2 Å². The molecule has 1 aromatic rings. The second-order valence-electron chi connectivity index (χ2n) is 2.96. The van der Waals surface area contributed by atoms with Crippen molar-refractivity contribution in [2.24, 2.45) is 0 Å². The Hall–Kier alpha value is 0.200. The third-order valence-corrected chi connectivity index (χ3v) is 4.21. The minimum absolute atomic E-state index is 0.0898. The predicted molar refractivity (Wildman–Crippen MR) is 68.7 cm³/mol. The molecule has 0 fully saturated rings. The molecule has 1 unspecified atom stereocenters. The van der Waals surface area contributed by atoms with Gasteiger partial charge in [0.25, 0.3) is 0 Å². The number of hydrogen-bond donors (Lipinski definition) is 1. The predicted octanol–water partition coefficient (Wildman–Crippen LogP) is 3.90. The van der Waals surface area contributed by atoms with E-state index in [0.29, 0.717) is 0 Å². The first-order valence-electron chi connectivity index (χ1n) is 4.09. The number of Topliss-reactive ketones (excluding diaryl/α,β-unsaturated/α-hetero) is 1. The zero-order valence-corrected chi connectivity index (χ0v) is 11.7. The van der Waals surface area contributed by atoms with Gasteiger partial charge in [-0.2, -0.15) is 0 Å². The van der Waals surface area contributed by atoms with Gasteiger partial charge >= 0.3 is 0 Å². The number of thiol groups is 1. The van der Waals surface area contributed by atoms with Crippen molar-refractivity contribution in [1.82, 2.24) is 0 Å². The van der Waals surface area contributed by atoms with Gasteiger partial charge in [-0.15, -0.1) is 12.6 Å². The van der Waals surface area contributed by atoms with Crippen LogP contribution in [-0.2, 0) is 10.1 Å². The Morgan fingerprint density at radius 1 is 1.57 bits per heavy atom. The lowest BCUT2D eigenvalue weighted by Crippen LogP contribution is -2.03. The second-order valence-corrected chi connectivity index (χ2v) is 4.89. The molecule has 0 aliphatic rings. The molecule has 1 aromatic carbocycles. The summed E-state index contributed by atoms with van der Waals surface area (Å²) in [6.45, 7) is 1.56. The average molecular weight is 338 g/mol. The summed E-state index contributed by atoms with van der Waals surface area (Å²) in [5.41, 5.74) is 2.02. The van der Waals surface area contributed by atoms with Crippen LogP contribution in [0.5, 0.6) is 0 Å². The maximum absolute atomic E-state index is 11.2. The topological polar surface area (TPSA) is 17.1 Å². The fraction of sp³-hybridized carbons (Fsp3) is 0.300. The zero-order chi connectivity index (χ0) is 10.7. The third-order valence-electron chi connectivity index (χ3n) is 1.92. The average Bonchev–Trinajstić information content (AvgIpc) is 2.17. The van der Waals surface area contributed by atoms with Crippen molar-refractivity contribution in [3.05, 3.63) is 29.3 Å². The second kappa shape index (κ2) is 5.33. The molecule has 1 rings (SSSR count). The zero-order valence-electron chi connectivity index (χ0n) is 7.63. The molecule has 0 aliphatic heterocycles. The van der Waals surface area contributed by atoms with Crippen molar-refractivity contribution >= 4 is 50.3 Å². The summed E-state index contributed by atoms with van der Waals surface area (Å²) in [6.07, 6.45) is 0. The van der Waals surface area contributed by atoms with E-state index >= 15 is 0 Å². The monoisotopic (exact) mass is 336 g/mol. The van der Waals surface area contributed by atoms with E-state index in [1.54, 1.807) is 6.92 Å². The van der Waals surface area contributed by atoms with Crippen molar-refractivity contribution < 1.29 is 4.79 Å². The standard InChI is InChI=1S/C10H10Br2OS/c1-6(13)9(12)8-4-2-3-7(5-11)10(8)14/h2-4,9,14H,5H2,1H3. The van der Waals surface area contributed by atoms with Crippen molar-refractivity contribution in [1.29, 1.82) is 0 Å². The van der Waals surface area contributed by atoms with Crippen LogP contribution < -0.4 is 0 Å². The Morgan fingerprint density at radius 3 is 2.71 bits per heavy atom. The smallest absolute Gasteiger partial charge is 0.147 e. The molecule has 0 aliphatic carbocycles. The molecule has 1 nitrogen and oxygen atoms in total. The van der Waals surface area contributed by atoms with Crippen LogP contribution in [0.4, 0.5) is 0 Å². The number of carbonyl (C=O) groups excluding carboxylic acids is 1. The van der Waals surface area contributed by atoms with Crippen LogP contribution in [0.1, 0.15) is 22.9 Å². The SMILES string of the molecule is CC(=O)C(Br)c1cccc(CBr)c1S. The van der Waals surface area contributed by atoms with Crippen LogP contribution >= 0.6 is 44.5 Å². The number of hydrogen-bond acceptors (Lipinski definition) is 2. The van der Waals surface area contributed by atoms with Crippen LogP contribution in [0, 0.1) is 0 Å². The Morgan fingerprint density at radius 2 is 2.21 bits per heavy atom. The quantitative estimate of drug-likeness (QED) is 0.654. The molecule has 0 bridgehead atoms. The van der Waals surface area contributed by atoms with E-state index in [1.165, 1.54) is 0 Å². The van der Waals surface area contributed by atoms with E-state index < -0.39 is 0 Å². The molecule has 0 aromatic heterocycles. The minimum atomic E-state index is -0.256. The summed E-state index contributed by atoms with van der Waals surface area (Å²) in [5.74, 6) is 0.0898. The number of alkyl halides is 2. The molecule has 4 heteroatoms. The van der Waals surface area contributed by atoms with Gasteiger partial charge < -0.3 is 0 Å². The molecule has 0 radical (unpaired) electrons. The first kappa shape index (κ1) is 12.3. The number of carbonyl (C=O) groups is 1. The van der Waals surface area contributed by atoms with Gasteiger partial charge in [0.05, 0.1) is 4.83 Å². The molecule has 0 saturated carbocycles. The summed E-state index contributed by atoms with van der Waals surface area (Å²) in [4.78, 5) is 11.8. The lowest BCUT2D eigenvalue weighted by molar-refractivity contribution is -0.116. The Bertz CT molecular complexity index is 352. The maximum atomic E-state index is 11.2. The van der Waals surface area contributed by atoms with Crippen molar-refractivity contribution in [2.45, 2.75) is 22.0 Å². The van der Waals surface area contributed by atoms with Crippen LogP contribution in [-0.4, -0.2) is 5.78 Å². The molecule has 76 valence electrons. The van der Waals surface area contributed by atoms with Gasteiger partial charge in [-0.3, -0.25) is 4.79 Å². The van der Waals surface area contributed by atoms with Crippen LogP contribution in [0.25, 0.3) is 0 Å². The van der Waals surface area contributed by atoms with E-state index in [1.807, 2.05) is 18.2 Å². The van der Waals surface area contributed by atoms with Gasteiger partial charge in [-0.25, -0.2) is 0 Å². The highest BCUT2D eigenvalue weighted by atomic mass is 79.9. The lowest BCUT2D eigenvalue weighted by atomic mass is 10.1.